The molecule has 2 aromatic rings. The zero-order valence-electron chi connectivity index (χ0n) is 9.95. The van der Waals surface area contributed by atoms with Gasteiger partial charge in [0.15, 0.2) is 5.13 Å². The van der Waals surface area contributed by atoms with Gasteiger partial charge in [0.05, 0.1) is 5.69 Å². The fourth-order valence-electron chi connectivity index (χ4n) is 1.22. The highest BCUT2D eigenvalue weighted by molar-refractivity contribution is 7.98. The monoisotopic (exact) mass is 284 g/mol. The molecule has 0 fully saturated rings. The highest BCUT2D eigenvalue weighted by Crippen LogP contribution is 2.23. The number of tetrazole rings is 1. The fraction of sp³-hybridized carbons (Fsp3) is 0.444. The molecule has 0 aromatic carbocycles. The molecule has 0 spiro atoms. The van der Waals surface area contributed by atoms with Gasteiger partial charge in [0.2, 0.25) is 11.1 Å². The number of carbonyl (C=O) groups excluding carboxylic acids is 1. The molecule has 0 radical (unpaired) electrons. The highest BCUT2D eigenvalue weighted by atomic mass is 32.2. The number of thiazole rings is 1. The van der Waals surface area contributed by atoms with Crippen molar-refractivity contribution < 1.29 is 4.79 Å². The Labute approximate surface area is 112 Å². The van der Waals surface area contributed by atoms with E-state index in [1.165, 1.54) is 30.0 Å². The lowest BCUT2D eigenvalue weighted by Crippen LogP contribution is -2.05. The highest BCUT2D eigenvalue weighted by Gasteiger charge is 2.08. The summed E-state index contributed by atoms with van der Waals surface area (Å²) in [5.74, 6) is 0.565. The summed E-state index contributed by atoms with van der Waals surface area (Å²) in [7, 11) is 0. The predicted octanol–water partition coefficient (Wildman–Crippen LogP) is 1.40. The molecule has 7 nitrogen and oxygen atoms in total. The summed E-state index contributed by atoms with van der Waals surface area (Å²) in [5.41, 5.74) is 0.902. The Bertz CT molecular complexity index is 537. The molecule has 0 aliphatic rings. The topological polar surface area (TPSA) is 85.6 Å². The van der Waals surface area contributed by atoms with Crippen LogP contribution in [0.2, 0.25) is 0 Å². The van der Waals surface area contributed by atoms with Gasteiger partial charge in [0, 0.05) is 24.6 Å². The van der Waals surface area contributed by atoms with Crippen molar-refractivity contribution in [1.82, 2.24) is 25.2 Å². The van der Waals surface area contributed by atoms with Crippen LogP contribution in [0.5, 0.6) is 0 Å². The number of hydrogen-bond donors (Lipinski definition) is 1. The second-order valence-corrected chi connectivity index (χ2v) is 5.19. The first-order valence-electron chi connectivity index (χ1n) is 5.30. The van der Waals surface area contributed by atoms with E-state index in [2.05, 4.69) is 25.8 Å². The van der Waals surface area contributed by atoms with Gasteiger partial charge in [-0.05, 0) is 17.4 Å². The van der Waals surface area contributed by atoms with Crippen LogP contribution in [0.1, 0.15) is 19.5 Å². The third-order valence-corrected chi connectivity index (χ3v) is 3.78. The molecule has 2 heterocycles. The summed E-state index contributed by atoms with van der Waals surface area (Å²) in [6.07, 6.45) is 0. The van der Waals surface area contributed by atoms with Crippen molar-refractivity contribution in [1.29, 1.82) is 0 Å². The van der Waals surface area contributed by atoms with Crippen molar-refractivity contribution in [3.63, 3.8) is 0 Å². The van der Waals surface area contributed by atoms with Crippen molar-refractivity contribution in [2.24, 2.45) is 0 Å². The average molecular weight is 284 g/mol. The van der Waals surface area contributed by atoms with Crippen LogP contribution in [0, 0.1) is 0 Å². The summed E-state index contributed by atoms with van der Waals surface area (Å²) in [6.45, 7) is 4.19. The van der Waals surface area contributed by atoms with E-state index < -0.39 is 0 Å². The van der Waals surface area contributed by atoms with E-state index in [0.29, 0.717) is 10.9 Å². The van der Waals surface area contributed by atoms with Crippen LogP contribution in [-0.4, -0.2) is 31.1 Å². The molecule has 2 rings (SSSR count). The number of hydrogen-bond acceptors (Lipinski definition) is 7. The summed E-state index contributed by atoms with van der Waals surface area (Å²) >= 11 is 2.93. The molecule has 0 unspecified atom stereocenters. The Kier molecular flexibility index (Phi) is 4.26. The molecule has 9 heteroatoms. The van der Waals surface area contributed by atoms with Gasteiger partial charge in [-0.15, -0.1) is 16.4 Å². The van der Waals surface area contributed by atoms with E-state index in [1.807, 2.05) is 12.3 Å². The van der Waals surface area contributed by atoms with Gasteiger partial charge >= 0.3 is 0 Å². The largest absolute Gasteiger partial charge is 0.302 e. The summed E-state index contributed by atoms with van der Waals surface area (Å²) in [4.78, 5) is 15.2. The lowest BCUT2D eigenvalue weighted by Gasteiger charge is -1.98. The Morgan fingerprint density at radius 1 is 1.61 bits per heavy atom. The zero-order chi connectivity index (χ0) is 13.0. The maximum Gasteiger partial charge on any atom is 0.223 e. The van der Waals surface area contributed by atoms with Gasteiger partial charge in [-0.2, -0.15) is 0 Å². The van der Waals surface area contributed by atoms with E-state index in [-0.39, 0.29) is 5.91 Å². The normalized spacial score (nSPS) is 10.6. The second-order valence-electron chi connectivity index (χ2n) is 3.39. The van der Waals surface area contributed by atoms with Crippen LogP contribution < -0.4 is 5.32 Å². The van der Waals surface area contributed by atoms with Gasteiger partial charge in [-0.3, -0.25) is 4.79 Å². The number of rotatable bonds is 5. The zero-order valence-corrected chi connectivity index (χ0v) is 11.6. The first-order chi connectivity index (χ1) is 8.69. The maximum atomic E-state index is 10.9. The quantitative estimate of drug-likeness (QED) is 0.835. The predicted molar refractivity (Wildman–Crippen MR) is 69.5 cm³/mol. The Morgan fingerprint density at radius 2 is 2.44 bits per heavy atom. The number of nitrogens with one attached hydrogen (secondary N) is 1. The van der Waals surface area contributed by atoms with Gasteiger partial charge in [0.1, 0.15) is 0 Å². The molecular formula is C9H12N6OS2. The molecular weight excluding hydrogens is 272 g/mol. The van der Waals surface area contributed by atoms with Crippen molar-refractivity contribution in [3.8, 4) is 0 Å². The van der Waals surface area contributed by atoms with Crippen molar-refractivity contribution in [3.05, 3.63) is 11.1 Å². The van der Waals surface area contributed by atoms with E-state index >= 15 is 0 Å². The second kappa shape index (κ2) is 5.91. The lowest BCUT2D eigenvalue weighted by atomic mass is 10.6. The minimum absolute atomic E-state index is 0.113. The van der Waals surface area contributed by atoms with Crippen LogP contribution in [0.4, 0.5) is 5.13 Å². The third kappa shape index (κ3) is 3.26. The molecule has 18 heavy (non-hydrogen) atoms. The SMILES string of the molecule is CCn1nnnc1SCc1csc(NC(C)=O)n1. The van der Waals surface area contributed by atoms with E-state index in [4.69, 9.17) is 0 Å². The molecule has 0 aliphatic carbocycles. The average Bonchev–Trinajstić information content (AvgIpc) is 2.93. The molecule has 0 atom stereocenters. The van der Waals surface area contributed by atoms with E-state index in [0.717, 1.165) is 17.4 Å². The van der Waals surface area contributed by atoms with Gasteiger partial charge in [-0.1, -0.05) is 11.8 Å². The number of anilines is 1. The fourth-order valence-corrected chi connectivity index (χ4v) is 2.91. The molecule has 1 amide bonds. The number of amides is 1. The summed E-state index contributed by atoms with van der Waals surface area (Å²) in [5, 5.41) is 17.4. The summed E-state index contributed by atoms with van der Waals surface area (Å²) < 4.78 is 1.73. The van der Waals surface area contributed by atoms with Gasteiger partial charge in [0.25, 0.3) is 0 Å². The molecule has 2 aromatic heterocycles. The maximum absolute atomic E-state index is 10.9. The van der Waals surface area contributed by atoms with Crippen LogP contribution >= 0.6 is 23.1 Å². The Morgan fingerprint density at radius 3 is 3.17 bits per heavy atom. The van der Waals surface area contributed by atoms with Crippen LogP contribution in [-0.2, 0) is 17.1 Å². The van der Waals surface area contributed by atoms with Crippen LogP contribution in [0.3, 0.4) is 0 Å². The first kappa shape index (κ1) is 13.0. The van der Waals surface area contributed by atoms with Crippen molar-refractivity contribution >= 4 is 34.1 Å². The van der Waals surface area contributed by atoms with Crippen LogP contribution in [0.25, 0.3) is 0 Å². The van der Waals surface area contributed by atoms with E-state index in [1.54, 1.807) is 4.68 Å². The molecule has 0 saturated carbocycles. The number of nitrogens with zero attached hydrogens (tertiary/aromatic N) is 5. The molecule has 96 valence electrons. The Balaban J connectivity index is 1.94. The third-order valence-electron chi connectivity index (χ3n) is 1.98. The standard InChI is InChI=1S/C9H12N6OS2/c1-3-15-9(12-13-14-15)18-5-7-4-17-8(11-7)10-6(2)16/h4H,3,5H2,1-2H3,(H,10,11,16). The first-order valence-corrected chi connectivity index (χ1v) is 7.16. The lowest BCUT2D eigenvalue weighted by molar-refractivity contribution is -0.114. The van der Waals surface area contributed by atoms with Crippen molar-refractivity contribution in [2.75, 3.05) is 5.32 Å². The molecule has 0 aliphatic heterocycles. The number of thioether (sulfide) groups is 1. The minimum atomic E-state index is -0.113. The summed E-state index contributed by atoms with van der Waals surface area (Å²) in [6, 6.07) is 0. The minimum Gasteiger partial charge on any atom is -0.302 e. The van der Waals surface area contributed by atoms with Crippen LogP contribution in [0.15, 0.2) is 10.5 Å². The van der Waals surface area contributed by atoms with Gasteiger partial charge in [-0.25, -0.2) is 9.67 Å². The Hall–Kier alpha value is -1.48. The number of carbonyl (C=O) groups is 1. The van der Waals surface area contributed by atoms with Crippen molar-refractivity contribution in [2.45, 2.75) is 31.3 Å². The number of aryl methyl sites for hydroxylation is 1. The molecule has 1 N–H and O–H groups in total. The molecule has 0 saturated heterocycles. The molecule has 0 bridgehead atoms. The van der Waals surface area contributed by atoms with Gasteiger partial charge < -0.3 is 5.32 Å². The van der Waals surface area contributed by atoms with E-state index in [9.17, 15) is 4.79 Å². The smallest absolute Gasteiger partial charge is 0.223 e. The number of aromatic nitrogens is 5.